The Labute approximate surface area is 199 Å². The molecule has 0 N–H and O–H groups in total. The minimum Gasteiger partial charge on any atom is -0.484 e. The summed E-state index contributed by atoms with van der Waals surface area (Å²) < 4.78 is 13.9. The topological polar surface area (TPSA) is 82.4 Å². The van der Waals surface area contributed by atoms with E-state index >= 15 is 0 Å². The van der Waals surface area contributed by atoms with Crippen LogP contribution in [0.2, 0.25) is 0 Å². The standard InChI is InChI=1S/C26H31N5O3/c1-4-24(32)30-16-26(14-25(30,5-2)15-26)31-12-23(28-29-31)17(3)34-19-6-7-22-21(10-19)20-8-9-33-13-18(20)11-27-22/h6-7,10-12,17H,4-5,8-9,13-16H2,1-3H3. The number of nitrogens with zero attached hydrogens (tertiary/aromatic N) is 5. The molecule has 2 aromatic heterocycles. The van der Waals surface area contributed by atoms with Crippen molar-refractivity contribution in [2.45, 2.75) is 76.7 Å². The number of benzene rings is 1. The van der Waals surface area contributed by atoms with Gasteiger partial charge in [0.05, 0.1) is 30.5 Å². The molecule has 2 saturated heterocycles. The van der Waals surface area contributed by atoms with Crippen LogP contribution in [0.5, 0.6) is 5.75 Å². The van der Waals surface area contributed by atoms with Crippen molar-refractivity contribution < 1.29 is 14.3 Å². The molecular weight excluding hydrogens is 430 g/mol. The van der Waals surface area contributed by atoms with Gasteiger partial charge in [0.15, 0.2) is 0 Å². The smallest absolute Gasteiger partial charge is 0.222 e. The molecule has 1 amide bonds. The minimum atomic E-state index is -0.246. The van der Waals surface area contributed by atoms with Crippen LogP contribution in [0.3, 0.4) is 0 Å². The highest BCUT2D eigenvalue weighted by molar-refractivity contribution is 5.84. The Morgan fingerprint density at radius 2 is 2.15 bits per heavy atom. The molecule has 7 rings (SSSR count). The number of hydrogen-bond donors (Lipinski definition) is 0. The fraction of sp³-hybridized carbons (Fsp3) is 0.538. The average molecular weight is 462 g/mol. The normalized spacial score (nSPS) is 26.3. The van der Waals surface area contributed by atoms with E-state index in [9.17, 15) is 4.79 Å². The van der Waals surface area contributed by atoms with Crippen LogP contribution in [0.15, 0.2) is 30.6 Å². The highest BCUT2D eigenvalue weighted by atomic mass is 16.5. The predicted molar refractivity (Wildman–Crippen MR) is 126 cm³/mol. The van der Waals surface area contributed by atoms with Crippen LogP contribution in [-0.4, -0.2) is 49.5 Å². The van der Waals surface area contributed by atoms with Crippen LogP contribution in [0, 0.1) is 0 Å². The summed E-state index contributed by atoms with van der Waals surface area (Å²) in [7, 11) is 0. The van der Waals surface area contributed by atoms with Crippen molar-refractivity contribution in [3.8, 4) is 5.75 Å². The van der Waals surface area contributed by atoms with Gasteiger partial charge in [-0.15, -0.1) is 5.10 Å². The lowest BCUT2D eigenvalue weighted by Crippen LogP contribution is -2.53. The van der Waals surface area contributed by atoms with Crippen LogP contribution < -0.4 is 4.74 Å². The Hall–Kier alpha value is -3.00. The molecule has 5 heterocycles. The number of carbonyl (C=O) groups is 1. The van der Waals surface area contributed by atoms with Crippen LogP contribution in [-0.2, 0) is 28.1 Å². The fourth-order valence-electron chi connectivity index (χ4n) is 6.23. The third-order valence-electron chi connectivity index (χ3n) is 8.12. The van der Waals surface area contributed by atoms with E-state index < -0.39 is 0 Å². The van der Waals surface area contributed by atoms with E-state index in [1.807, 2.05) is 43.1 Å². The fourth-order valence-corrected chi connectivity index (χ4v) is 6.23. The highest BCUT2D eigenvalue weighted by Gasteiger charge is 2.67. The number of rotatable bonds is 6. The first-order valence-corrected chi connectivity index (χ1v) is 12.3. The van der Waals surface area contributed by atoms with Crippen molar-refractivity contribution in [2.75, 3.05) is 13.2 Å². The third-order valence-corrected chi connectivity index (χ3v) is 8.12. The SMILES string of the molecule is CCC(=O)N1CC2(n3cc(C(C)Oc4ccc5ncc6c(c5c4)CCOC6)nn3)CC1(CC)C2. The summed E-state index contributed by atoms with van der Waals surface area (Å²) in [6, 6.07) is 6.06. The molecule has 1 saturated carbocycles. The quantitative estimate of drug-likeness (QED) is 0.553. The van der Waals surface area contributed by atoms with Gasteiger partial charge in [0.1, 0.15) is 17.5 Å². The summed E-state index contributed by atoms with van der Waals surface area (Å²) in [5.74, 6) is 1.03. The van der Waals surface area contributed by atoms with Crippen molar-refractivity contribution in [1.82, 2.24) is 24.9 Å². The largest absolute Gasteiger partial charge is 0.484 e. The van der Waals surface area contributed by atoms with E-state index in [1.165, 1.54) is 5.56 Å². The molecule has 1 unspecified atom stereocenters. The minimum absolute atomic E-state index is 0.00929. The molecule has 3 aliphatic heterocycles. The molecule has 8 nitrogen and oxygen atoms in total. The van der Waals surface area contributed by atoms with Gasteiger partial charge in [-0.1, -0.05) is 19.1 Å². The van der Waals surface area contributed by atoms with Gasteiger partial charge in [-0.25, -0.2) is 4.68 Å². The highest BCUT2D eigenvalue weighted by Crippen LogP contribution is 2.59. The molecule has 1 atom stereocenters. The molecule has 2 bridgehead atoms. The van der Waals surface area contributed by atoms with Crippen LogP contribution >= 0.6 is 0 Å². The monoisotopic (exact) mass is 461 g/mol. The molecule has 0 spiro atoms. The second-order valence-corrected chi connectivity index (χ2v) is 10.1. The molecule has 1 aromatic carbocycles. The summed E-state index contributed by atoms with van der Waals surface area (Å²) in [5.41, 5.74) is 4.08. The second kappa shape index (κ2) is 7.77. The first kappa shape index (κ1) is 21.5. The van der Waals surface area contributed by atoms with E-state index in [4.69, 9.17) is 9.47 Å². The van der Waals surface area contributed by atoms with Crippen LogP contribution in [0.1, 0.15) is 69.4 Å². The lowest BCUT2D eigenvalue weighted by Gasteiger charge is -2.47. The first-order valence-electron chi connectivity index (χ1n) is 12.3. The average Bonchev–Trinajstić information content (AvgIpc) is 3.55. The molecule has 34 heavy (non-hydrogen) atoms. The zero-order valence-corrected chi connectivity index (χ0v) is 20.1. The Morgan fingerprint density at radius 3 is 2.94 bits per heavy atom. The Kier molecular flexibility index (Phi) is 4.92. The van der Waals surface area contributed by atoms with Gasteiger partial charge in [0, 0.05) is 30.1 Å². The van der Waals surface area contributed by atoms with Crippen molar-refractivity contribution in [1.29, 1.82) is 0 Å². The lowest BCUT2D eigenvalue weighted by molar-refractivity contribution is -0.134. The maximum atomic E-state index is 12.5. The van der Waals surface area contributed by atoms with Gasteiger partial charge in [-0.05, 0) is 61.9 Å². The summed E-state index contributed by atoms with van der Waals surface area (Å²) in [4.78, 5) is 19.2. The van der Waals surface area contributed by atoms with Gasteiger partial charge in [-0.2, -0.15) is 0 Å². The molecule has 8 heteroatoms. The van der Waals surface area contributed by atoms with E-state index in [1.54, 1.807) is 0 Å². The van der Waals surface area contributed by atoms with Crippen LogP contribution in [0.4, 0.5) is 0 Å². The van der Waals surface area contributed by atoms with Crippen molar-refractivity contribution in [2.24, 2.45) is 0 Å². The number of carbonyl (C=O) groups excluding carboxylic acids is 1. The number of ether oxygens (including phenoxy) is 2. The molecule has 0 radical (unpaired) electrons. The maximum absolute atomic E-state index is 12.5. The zero-order valence-electron chi connectivity index (χ0n) is 20.1. The van der Waals surface area contributed by atoms with Crippen molar-refractivity contribution in [3.63, 3.8) is 0 Å². The first-order chi connectivity index (χ1) is 16.5. The van der Waals surface area contributed by atoms with Gasteiger partial charge in [-0.3, -0.25) is 9.78 Å². The summed E-state index contributed by atoms with van der Waals surface area (Å²) >= 11 is 0. The molecule has 3 fully saturated rings. The second-order valence-electron chi connectivity index (χ2n) is 10.1. The summed E-state index contributed by atoms with van der Waals surface area (Å²) in [6.07, 6.45) is 8.00. The van der Waals surface area contributed by atoms with Gasteiger partial charge in [0.25, 0.3) is 0 Å². The molecule has 3 aromatic rings. The van der Waals surface area contributed by atoms with Gasteiger partial charge < -0.3 is 14.4 Å². The van der Waals surface area contributed by atoms with Gasteiger partial charge >= 0.3 is 0 Å². The van der Waals surface area contributed by atoms with Gasteiger partial charge in [0.2, 0.25) is 5.91 Å². The van der Waals surface area contributed by atoms with Crippen LogP contribution in [0.25, 0.3) is 10.9 Å². The molecule has 4 aliphatic rings. The summed E-state index contributed by atoms with van der Waals surface area (Å²) in [6.45, 7) is 8.19. The maximum Gasteiger partial charge on any atom is 0.222 e. The number of fused-ring (bicyclic) bond motifs is 4. The van der Waals surface area contributed by atoms with Crippen molar-refractivity contribution in [3.05, 3.63) is 47.4 Å². The molecule has 1 aliphatic carbocycles. The summed E-state index contributed by atoms with van der Waals surface area (Å²) in [5, 5.41) is 10.1. The Morgan fingerprint density at radius 1 is 1.29 bits per heavy atom. The van der Waals surface area contributed by atoms with E-state index in [-0.39, 0.29) is 23.1 Å². The molecular formula is C26H31N5O3. The Bertz CT molecular complexity index is 1260. The van der Waals surface area contributed by atoms with E-state index in [0.29, 0.717) is 13.0 Å². The number of pyridine rings is 1. The van der Waals surface area contributed by atoms with E-state index in [0.717, 1.165) is 66.7 Å². The number of hydrogen-bond acceptors (Lipinski definition) is 6. The number of aromatic nitrogens is 4. The van der Waals surface area contributed by atoms with E-state index in [2.05, 4.69) is 33.2 Å². The zero-order chi connectivity index (χ0) is 23.5. The number of amides is 1. The third kappa shape index (κ3) is 3.15. The lowest BCUT2D eigenvalue weighted by atomic mass is 9.66. The predicted octanol–water partition coefficient (Wildman–Crippen LogP) is 3.93. The van der Waals surface area contributed by atoms with Crippen molar-refractivity contribution >= 4 is 16.8 Å². The molecule has 178 valence electrons. The Balaban J connectivity index is 1.22.